The summed E-state index contributed by atoms with van der Waals surface area (Å²) in [6.45, 7) is 3.89. The van der Waals surface area contributed by atoms with Crippen molar-refractivity contribution in [3.8, 4) is 5.69 Å². The molecule has 0 aliphatic carbocycles. The molecule has 0 aliphatic rings. The Kier molecular flexibility index (Phi) is 4.26. The van der Waals surface area contributed by atoms with E-state index in [9.17, 15) is 4.79 Å². The van der Waals surface area contributed by atoms with Gasteiger partial charge in [-0.15, -0.1) is 5.10 Å². The van der Waals surface area contributed by atoms with Gasteiger partial charge in [-0.3, -0.25) is 4.79 Å². The molecule has 2 rings (SSSR count). The molecule has 1 amide bonds. The molecule has 2 aromatic rings. The van der Waals surface area contributed by atoms with Crippen LogP contribution in [0.5, 0.6) is 0 Å². The lowest BCUT2D eigenvalue weighted by Gasteiger charge is -2.12. The molecule has 100 valence electrons. The number of halogens is 1. The molecule has 1 aromatic heterocycles. The normalized spacial score (nSPS) is 12.2. The standard InChI is InChI=1S/C12H14BrN5O/c1-3-10(13)12(19)15-11-6-9(5-4-8(11)2)18-7-14-16-17-18/h4-7,10H,3H2,1-2H3,(H,15,19). The lowest BCUT2D eigenvalue weighted by molar-refractivity contribution is -0.115. The highest BCUT2D eigenvalue weighted by Crippen LogP contribution is 2.20. The summed E-state index contributed by atoms with van der Waals surface area (Å²) in [7, 11) is 0. The first-order valence-corrected chi connectivity index (χ1v) is 6.82. The molecule has 0 saturated carbocycles. The maximum atomic E-state index is 11.9. The number of anilines is 1. The molecular weight excluding hydrogens is 310 g/mol. The fourth-order valence-corrected chi connectivity index (χ4v) is 1.68. The van der Waals surface area contributed by atoms with E-state index < -0.39 is 0 Å². The maximum absolute atomic E-state index is 11.9. The number of carbonyl (C=O) groups is 1. The number of nitrogens with one attached hydrogen (secondary N) is 1. The first kappa shape index (κ1) is 13.7. The van der Waals surface area contributed by atoms with Crippen molar-refractivity contribution in [2.75, 3.05) is 5.32 Å². The van der Waals surface area contributed by atoms with Crippen LogP contribution < -0.4 is 5.32 Å². The number of tetrazole rings is 1. The van der Waals surface area contributed by atoms with Crippen LogP contribution in [0.4, 0.5) is 5.69 Å². The van der Waals surface area contributed by atoms with Crippen molar-refractivity contribution in [2.24, 2.45) is 0 Å². The van der Waals surface area contributed by atoms with Gasteiger partial charge < -0.3 is 5.32 Å². The Bertz CT molecular complexity index is 570. The summed E-state index contributed by atoms with van der Waals surface area (Å²) in [6, 6.07) is 5.66. The number of hydrogen-bond donors (Lipinski definition) is 1. The summed E-state index contributed by atoms with van der Waals surface area (Å²) in [4.78, 5) is 11.7. The SMILES string of the molecule is CCC(Br)C(=O)Nc1cc(-n2cnnn2)ccc1C. The number of amides is 1. The zero-order valence-corrected chi connectivity index (χ0v) is 12.3. The molecule has 7 heteroatoms. The Morgan fingerprint density at radius 1 is 1.53 bits per heavy atom. The fraction of sp³-hybridized carbons (Fsp3) is 0.333. The predicted molar refractivity (Wildman–Crippen MR) is 75.5 cm³/mol. The van der Waals surface area contributed by atoms with Crippen molar-refractivity contribution in [1.29, 1.82) is 0 Å². The number of nitrogens with zero attached hydrogens (tertiary/aromatic N) is 4. The van der Waals surface area contributed by atoms with Gasteiger partial charge in [0, 0.05) is 5.69 Å². The van der Waals surface area contributed by atoms with E-state index in [2.05, 4.69) is 36.8 Å². The summed E-state index contributed by atoms with van der Waals surface area (Å²) < 4.78 is 1.54. The lowest BCUT2D eigenvalue weighted by atomic mass is 10.1. The Hall–Kier alpha value is -1.76. The average Bonchev–Trinajstić information content (AvgIpc) is 2.94. The Morgan fingerprint density at radius 3 is 2.95 bits per heavy atom. The third-order valence-electron chi connectivity index (χ3n) is 2.74. The van der Waals surface area contributed by atoms with Crippen molar-refractivity contribution in [1.82, 2.24) is 20.2 Å². The van der Waals surface area contributed by atoms with Crippen molar-refractivity contribution < 1.29 is 4.79 Å². The second-order valence-electron chi connectivity index (χ2n) is 4.12. The van der Waals surface area contributed by atoms with Crippen LogP contribution in [0.3, 0.4) is 0 Å². The fourth-order valence-electron chi connectivity index (χ4n) is 1.56. The molecular formula is C12H14BrN5O. The van der Waals surface area contributed by atoms with E-state index >= 15 is 0 Å². The summed E-state index contributed by atoms with van der Waals surface area (Å²) in [5, 5.41) is 13.9. The monoisotopic (exact) mass is 323 g/mol. The van der Waals surface area contributed by atoms with Crippen LogP contribution in [-0.4, -0.2) is 30.9 Å². The highest BCUT2D eigenvalue weighted by atomic mass is 79.9. The summed E-state index contributed by atoms with van der Waals surface area (Å²) in [6.07, 6.45) is 2.24. The molecule has 1 aromatic carbocycles. The van der Waals surface area contributed by atoms with Crippen LogP contribution in [0, 0.1) is 6.92 Å². The average molecular weight is 324 g/mol. The zero-order valence-electron chi connectivity index (χ0n) is 10.7. The van der Waals surface area contributed by atoms with E-state index in [1.807, 2.05) is 32.0 Å². The highest BCUT2D eigenvalue weighted by molar-refractivity contribution is 9.10. The summed E-state index contributed by atoms with van der Waals surface area (Å²) in [5.41, 5.74) is 2.55. The van der Waals surface area contributed by atoms with E-state index in [1.54, 1.807) is 4.68 Å². The molecule has 0 fully saturated rings. The van der Waals surface area contributed by atoms with Crippen LogP contribution >= 0.6 is 15.9 Å². The van der Waals surface area contributed by atoms with Crippen molar-refractivity contribution in [2.45, 2.75) is 25.1 Å². The van der Waals surface area contributed by atoms with Crippen LogP contribution in [0.25, 0.3) is 5.69 Å². The minimum absolute atomic E-state index is 0.0561. The predicted octanol–water partition coefficient (Wildman–Crippen LogP) is 2.08. The Labute approximate surface area is 119 Å². The van der Waals surface area contributed by atoms with Crippen LogP contribution in [0.1, 0.15) is 18.9 Å². The number of aromatic nitrogens is 4. The molecule has 0 radical (unpaired) electrons. The maximum Gasteiger partial charge on any atom is 0.238 e. The van der Waals surface area contributed by atoms with Gasteiger partial charge in [-0.2, -0.15) is 0 Å². The second kappa shape index (κ2) is 5.92. The topological polar surface area (TPSA) is 72.7 Å². The quantitative estimate of drug-likeness (QED) is 0.874. The minimum atomic E-state index is -0.191. The van der Waals surface area contributed by atoms with Gasteiger partial charge in [-0.1, -0.05) is 28.9 Å². The van der Waals surface area contributed by atoms with Crippen molar-refractivity contribution in [3.05, 3.63) is 30.1 Å². The molecule has 1 heterocycles. The third-order valence-corrected chi connectivity index (χ3v) is 3.80. The van der Waals surface area contributed by atoms with Crippen LogP contribution in [0.2, 0.25) is 0 Å². The van der Waals surface area contributed by atoms with E-state index in [0.29, 0.717) is 0 Å². The zero-order chi connectivity index (χ0) is 13.8. The molecule has 1 N–H and O–H groups in total. The van der Waals surface area contributed by atoms with Gasteiger partial charge in [0.25, 0.3) is 0 Å². The van der Waals surface area contributed by atoms with Gasteiger partial charge in [0.15, 0.2) is 0 Å². The van der Waals surface area contributed by atoms with E-state index in [1.165, 1.54) is 6.33 Å². The summed E-state index contributed by atoms with van der Waals surface area (Å²) in [5.74, 6) is -0.0561. The molecule has 0 bridgehead atoms. The number of benzene rings is 1. The van der Waals surface area contributed by atoms with E-state index in [0.717, 1.165) is 23.4 Å². The molecule has 6 nitrogen and oxygen atoms in total. The number of aryl methyl sites for hydroxylation is 1. The van der Waals surface area contributed by atoms with Crippen LogP contribution in [-0.2, 0) is 4.79 Å². The van der Waals surface area contributed by atoms with Gasteiger partial charge in [-0.25, -0.2) is 4.68 Å². The third kappa shape index (κ3) is 3.17. The molecule has 0 spiro atoms. The number of carbonyl (C=O) groups excluding carboxylic acids is 1. The number of hydrogen-bond acceptors (Lipinski definition) is 4. The van der Waals surface area contributed by atoms with Gasteiger partial charge >= 0.3 is 0 Å². The molecule has 0 saturated heterocycles. The van der Waals surface area contributed by atoms with Crippen molar-refractivity contribution in [3.63, 3.8) is 0 Å². The van der Waals surface area contributed by atoms with Crippen LogP contribution in [0.15, 0.2) is 24.5 Å². The van der Waals surface area contributed by atoms with Gasteiger partial charge in [0.05, 0.1) is 10.5 Å². The van der Waals surface area contributed by atoms with Gasteiger partial charge in [0.2, 0.25) is 5.91 Å². The largest absolute Gasteiger partial charge is 0.325 e. The Balaban J connectivity index is 2.25. The first-order chi connectivity index (χ1) is 9.11. The second-order valence-corrected chi connectivity index (χ2v) is 5.22. The number of alkyl halides is 1. The molecule has 1 atom stereocenters. The summed E-state index contributed by atoms with van der Waals surface area (Å²) >= 11 is 3.33. The highest BCUT2D eigenvalue weighted by Gasteiger charge is 2.14. The minimum Gasteiger partial charge on any atom is -0.325 e. The molecule has 0 aliphatic heterocycles. The Morgan fingerprint density at radius 2 is 2.32 bits per heavy atom. The first-order valence-electron chi connectivity index (χ1n) is 5.90. The lowest BCUT2D eigenvalue weighted by Crippen LogP contribution is -2.22. The molecule has 19 heavy (non-hydrogen) atoms. The smallest absolute Gasteiger partial charge is 0.238 e. The van der Waals surface area contributed by atoms with Gasteiger partial charge in [-0.05, 0) is 41.5 Å². The number of rotatable bonds is 4. The molecule has 1 unspecified atom stereocenters. The van der Waals surface area contributed by atoms with Crippen molar-refractivity contribution >= 4 is 27.5 Å². The van der Waals surface area contributed by atoms with E-state index in [-0.39, 0.29) is 10.7 Å². The van der Waals surface area contributed by atoms with E-state index in [4.69, 9.17) is 0 Å². The van der Waals surface area contributed by atoms with Gasteiger partial charge in [0.1, 0.15) is 6.33 Å².